The number of nitrogens with one attached hydrogen (secondary N) is 2. The predicted molar refractivity (Wildman–Crippen MR) is 131 cm³/mol. The number of amides is 2. The quantitative estimate of drug-likeness (QED) is 0.392. The van der Waals surface area contributed by atoms with Gasteiger partial charge >= 0.3 is 0 Å². The van der Waals surface area contributed by atoms with Gasteiger partial charge in [-0.3, -0.25) is 19.3 Å². The highest BCUT2D eigenvalue weighted by Crippen LogP contribution is 2.24. The van der Waals surface area contributed by atoms with Gasteiger partial charge in [-0.25, -0.2) is 4.98 Å². The minimum absolute atomic E-state index is 0.0332. The van der Waals surface area contributed by atoms with Gasteiger partial charge in [0.15, 0.2) is 9.90 Å². The maximum atomic E-state index is 12.8. The second-order valence-corrected chi connectivity index (χ2v) is 9.28. The average molecular weight is 483 g/mol. The molecule has 1 fully saturated rings. The third-order valence-electron chi connectivity index (χ3n) is 5.80. The normalized spacial score (nSPS) is 14.3. The number of hydrogen-bond acceptors (Lipinski definition) is 6. The fourth-order valence-corrected chi connectivity index (χ4v) is 4.88. The molecule has 8 nitrogen and oxygen atoms in total. The topological polar surface area (TPSA) is 95.9 Å². The van der Waals surface area contributed by atoms with Crippen LogP contribution in [0.1, 0.15) is 40.3 Å². The Morgan fingerprint density at radius 1 is 1.33 bits per heavy atom. The van der Waals surface area contributed by atoms with Gasteiger partial charge in [0, 0.05) is 36.5 Å². The van der Waals surface area contributed by atoms with Gasteiger partial charge in [-0.05, 0) is 43.6 Å². The number of benzene rings is 1. The van der Waals surface area contributed by atoms with Gasteiger partial charge in [0.1, 0.15) is 5.82 Å². The molecule has 0 bridgehead atoms. The number of nitrogens with zero attached hydrogens (tertiary/aromatic N) is 4. The van der Waals surface area contributed by atoms with E-state index < -0.39 is 0 Å². The van der Waals surface area contributed by atoms with Crippen LogP contribution in [0.25, 0.3) is 0 Å². The Bertz CT molecular complexity index is 1220. The van der Waals surface area contributed by atoms with Crippen molar-refractivity contribution in [3.8, 4) is 0 Å². The van der Waals surface area contributed by atoms with Gasteiger partial charge in [-0.15, -0.1) is 17.9 Å². The van der Waals surface area contributed by atoms with Crippen molar-refractivity contribution < 1.29 is 9.59 Å². The summed E-state index contributed by atoms with van der Waals surface area (Å²) in [5.74, 6) is 0.620. The SMILES string of the molecule is C=CCn1c(Cc2csc(NC(=O)C3CCN(C(=O)c4ccccc4C)CC3)n2)n[nH]c1=S. The van der Waals surface area contributed by atoms with Gasteiger partial charge in [0.05, 0.1) is 12.1 Å². The van der Waals surface area contributed by atoms with E-state index in [0.29, 0.717) is 48.8 Å². The third-order valence-corrected chi connectivity index (χ3v) is 6.92. The number of anilines is 1. The van der Waals surface area contributed by atoms with Crippen LogP contribution in [-0.4, -0.2) is 49.6 Å². The number of aromatic amines is 1. The van der Waals surface area contributed by atoms with E-state index in [1.54, 1.807) is 6.08 Å². The van der Waals surface area contributed by atoms with E-state index in [0.717, 1.165) is 22.6 Å². The maximum absolute atomic E-state index is 12.8. The molecule has 3 aromatic rings. The Hall–Kier alpha value is -3.11. The van der Waals surface area contributed by atoms with E-state index in [2.05, 4.69) is 27.1 Å². The standard InChI is InChI=1S/C23H26N6O2S2/c1-3-10-29-19(26-27-23(29)32)13-17-14-33-22(24-17)25-20(30)16-8-11-28(12-9-16)21(31)18-7-5-4-6-15(18)2/h3-7,14,16H,1,8-13H2,2H3,(H,27,32)(H,24,25,30). The highest BCUT2D eigenvalue weighted by Gasteiger charge is 2.28. The highest BCUT2D eigenvalue weighted by molar-refractivity contribution is 7.71. The molecule has 1 aliphatic rings. The average Bonchev–Trinajstić information content (AvgIpc) is 3.40. The zero-order valence-corrected chi connectivity index (χ0v) is 20.0. The van der Waals surface area contributed by atoms with Crippen molar-refractivity contribution in [3.05, 3.63) is 69.7 Å². The minimum Gasteiger partial charge on any atom is -0.339 e. The molecule has 0 atom stereocenters. The number of likely N-dealkylation sites (tertiary alicyclic amines) is 1. The number of hydrogen-bond donors (Lipinski definition) is 2. The molecular weight excluding hydrogens is 456 g/mol. The van der Waals surface area contributed by atoms with Crippen LogP contribution in [0.2, 0.25) is 0 Å². The second kappa shape index (κ2) is 10.2. The molecule has 10 heteroatoms. The van der Waals surface area contributed by atoms with Crippen LogP contribution in [0.4, 0.5) is 5.13 Å². The van der Waals surface area contributed by atoms with Gasteiger partial charge in [0.2, 0.25) is 5.91 Å². The van der Waals surface area contributed by atoms with Crippen molar-refractivity contribution >= 4 is 40.5 Å². The third kappa shape index (κ3) is 5.28. The van der Waals surface area contributed by atoms with Crippen molar-refractivity contribution in [2.24, 2.45) is 5.92 Å². The first-order chi connectivity index (χ1) is 16.0. The predicted octanol–water partition coefficient (Wildman–Crippen LogP) is 3.97. The van der Waals surface area contributed by atoms with Crippen LogP contribution in [0.15, 0.2) is 42.3 Å². The summed E-state index contributed by atoms with van der Waals surface area (Å²) in [6.45, 7) is 7.40. The first-order valence-corrected chi connectivity index (χ1v) is 12.1. The number of carbonyl (C=O) groups excluding carboxylic acids is 2. The van der Waals surface area contributed by atoms with Gasteiger partial charge in [-0.1, -0.05) is 24.3 Å². The molecule has 2 amide bonds. The molecular formula is C23H26N6O2S2. The van der Waals surface area contributed by atoms with Crippen molar-refractivity contribution in [1.29, 1.82) is 0 Å². The molecule has 3 heterocycles. The number of carbonyl (C=O) groups is 2. The molecule has 2 aromatic heterocycles. The van der Waals surface area contributed by atoms with E-state index >= 15 is 0 Å². The number of piperidine rings is 1. The first-order valence-electron chi connectivity index (χ1n) is 10.8. The molecule has 33 heavy (non-hydrogen) atoms. The Labute approximate surface area is 201 Å². The lowest BCUT2D eigenvalue weighted by molar-refractivity contribution is -0.121. The zero-order valence-electron chi connectivity index (χ0n) is 18.4. The molecule has 172 valence electrons. The Kier molecular flexibility index (Phi) is 7.14. The number of thiazole rings is 1. The summed E-state index contributed by atoms with van der Waals surface area (Å²) in [5.41, 5.74) is 2.51. The molecule has 1 aromatic carbocycles. The van der Waals surface area contributed by atoms with Crippen LogP contribution in [0.3, 0.4) is 0 Å². The first kappa shape index (κ1) is 23.1. The summed E-state index contributed by atoms with van der Waals surface area (Å²) in [4.78, 5) is 32.0. The van der Waals surface area contributed by atoms with Crippen LogP contribution in [0, 0.1) is 17.6 Å². The lowest BCUT2D eigenvalue weighted by Gasteiger charge is -2.31. The van der Waals surface area contributed by atoms with E-state index in [4.69, 9.17) is 12.2 Å². The Morgan fingerprint density at radius 3 is 2.82 bits per heavy atom. The fourth-order valence-electron chi connectivity index (χ4n) is 3.95. The number of rotatable bonds is 7. The highest BCUT2D eigenvalue weighted by atomic mass is 32.1. The smallest absolute Gasteiger partial charge is 0.254 e. The Morgan fingerprint density at radius 2 is 2.09 bits per heavy atom. The lowest BCUT2D eigenvalue weighted by atomic mass is 9.95. The number of aryl methyl sites for hydroxylation is 1. The van der Waals surface area contributed by atoms with Crippen molar-refractivity contribution in [1.82, 2.24) is 24.6 Å². The van der Waals surface area contributed by atoms with Gasteiger partial charge < -0.3 is 10.2 Å². The fraction of sp³-hybridized carbons (Fsp3) is 0.348. The molecule has 1 saturated heterocycles. The van der Waals surface area contributed by atoms with E-state index in [1.165, 1.54) is 11.3 Å². The van der Waals surface area contributed by atoms with Crippen molar-refractivity contribution in [3.63, 3.8) is 0 Å². The van der Waals surface area contributed by atoms with Gasteiger partial charge in [-0.2, -0.15) is 5.10 Å². The number of H-pyrrole nitrogens is 1. The summed E-state index contributed by atoms with van der Waals surface area (Å²) >= 11 is 6.64. The van der Waals surface area contributed by atoms with Crippen LogP contribution >= 0.6 is 23.6 Å². The summed E-state index contributed by atoms with van der Waals surface area (Å²) in [6, 6.07) is 7.60. The molecule has 0 radical (unpaired) electrons. The van der Waals surface area contributed by atoms with Crippen molar-refractivity contribution in [2.75, 3.05) is 18.4 Å². The summed E-state index contributed by atoms with van der Waals surface area (Å²) in [6.07, 6.45) is 3.55. The lowest BCUT2D eigenvalue weighted by Crippen LogP contribution is -2.41. The molecule has 1 aliphatic heterocycles. The molecule has 0 unspecified atom stereocenters. The van der Waals surface area contributed by atoms with E-state index in [-0.39, 0.29) is 17.7 Å². The molecule has 0 saturated carbocycles. The number of allylic oxidation sites excluding steroid dienone is 1. The summed E-state index contributed by atoms with van der Waals surface area (Å²) < 4.78 is 2.41. The molecule has 4 rings (SSSR count). The molecule has 0 spiro atoms. The van der Waals surface area contributed by atoms with E-state index in [9.17, 15) is 9.59 Å². The second-order valence-electron chi connectivity index (χ2n) is 8.04. The minimum atomic E-state index is -0.137. The largest absolute Gasteiger partial charge is 0.339 e. The summed E-state index contributed by atoms with van der Waals surface area (Å²) in [7, 11) is 0. The zero-order chi connectivity index (χ0) is 23.4. The monoisotopic (exact) mass is 482 g/mol. The maximum Gasteiger partial charge on any atom is 0.254 e. The van der Waals surface area contributed by atoms with Crippen LogP contribution in [-0.2, 0) is 17.8 Å². The van der Waals surface area contributed by atoms with Crippen LogP contribution < -0.4 is 5.32 Å². The van der Waals surface area contributed by atoms with E-state index in [1.807, 2.05) is 46.0 Å². The molecule has 0 aliphatic carbocycles. The molecule has 2 N–H and O–H groups in total. The summed E-state index contributed by atoms with van der Waals surface area (Å²) in [5, 5.41) is 12.5. The van der Waals surface area contributed by atoms with Gasteiger partial charge in [0.25, 0.3) is 5.91 Å². The number of aromatic nitrogens is 4. The van der Waals surface area contributed by atoms with Crippen molar-refractivity contribution in [2.45, 2.75) is 32.7 Å². The van der Waals surface area contributed by atoms with Crippen LogP contribution in [0.5, 0.6) is 0 Å². The Balaban J connectivity index is 1.31.